The van der Waals surface area contributed by atoms with E-state index in [0.29, 0.717) is 5.56 Å². The monoisotopic (exact) mass is 229 g/mol. The second-order valence-electron chi connectivity index (χ2n) is 3.45. The first-order valence-electron chi connectivity index (χ1n) is 4.97. The second kappa shape index (κ2) is 4.91. The summed E-state index contributed by atoms with van der Waals surface area (Å²) in [5.41, 5.74) is 1.47. The Bertz CT molecular complexity index is 496. The first-order valence-corrected chi connectivity index (χ1v) is 5.55. The van der Waals surface area contributed by atoms with Crippen LogP contribution in [-0.2, 0) is 0 Å². The van der Waals surface area contributed by atoms with Gasteiger partial charge in [-0.2, -0.15) is 0 Å². The number of nitrogens with one attached hydrogen (secondary N) is 1. The smallest absolute Gasteiger partial charge is 0.255 e. The van der Waals surface area contributed by atoms with Crippen LogP contribution in [0.25, 0.3) is 0 Å². The molecule has 2 rings (SSSR count). The molecule has 2 nitrogen and oxygen atoms in total. The van der Waals surface area contributed by atoms with E-state index >= 15 is 0 Å². The third-order valence-electron chi connectivity index (χ3n) is 2.18. The topological polar surface area (TPSA) is 29.1 Å². The Morgan fingerprint density at radius 1 is 1.00 bits per heavy atom. The van der Waals surface area contributed by atoms with Gasteiger partial charge in [0.2, 0.25) is 0 Å². The zero-order valence-corrected chi connectivity index (χ0v) is 9.84. The zero-order valence-electron chi connectivity index (χ0n) is 8.68. The highest BCUT2D eigenvalue weighted by Crippen LogP contribution is 2.08. The van der Waals surface area contributed by atoms with Crippen molar-refractivity contribution in [2.24, 2.45) is 0 Å². The number of hydrogen-bond acceptors (Lipinski definition) is 1. The Morgan fingerprint density at radius 3 is 2.44 bits per heavy atom. The number of benzene rings is 2. The molecule has 16 heavy (non-hydrogen) atoms. The van der Waals surface area contributed by atoms with Gasteiger partial charge in [-0.25, -0.2) is 0 Å². The molecule has 0 spiro atoms. The van der Waals surface area contributed by atoms with Crippen molar-refractivity contribution >= 4 is 26.1 Å². The van der Waals surface area contributed by atoms with Crippen LogP contribution in [-0.4, -0.2) is 5.91 Å². The van der Waals surface area contributed by atoms with E-state index in [9.17, 15) is 4.79 Å². The normalized spacial score (nSPS) is 9.81. The van der Waals surface area contributed by atoms with Crippen LogP contribution in [0.1, 0.15) is 10.4 Å². The molecular weight excluding hydrogens is 217 g/mol. The predicted octanol–water partition coefficient (Wildman–Crippen LogP) is 2.44. The lowest BCUT2D eigenvalue weighted by atomic mass is 10.2. The van der Waals surface area contributed by atoms with E-state index in [1.807, 2.05) is 42.5 Å². The maximum Gasteiger partial charge on any atom is 0.255 e. The number of carbonyl (C=O) groups excluding carboxylic acids is 1. The van der Waals surface area contributed by atoms with E-state index in [4.69, 9.17) is 0 Å². The molecule has 2 aromatic rings. The van der Waals surface area contributed by atoms with Crippen LogP contribution in [0.3, 0.4) is 0 Å². The number of carbonyl (C=O) groups is 1. The minimum absolute atomic E-state index is 0.0869. The predicted molar refractivity (Wildman–Crippen MR) is 70.2 cm³/mol. The van der Waals surface area contributed by atoms with Crippen LogP contribution < -0.4 is 10.6 Å². The lowest BCUT2D eigenvalue weighted by Gasteiger charge is -2.05. The van der Waals surface area contributed by atoms with E-state index in [-0.39, 0.29) is 5.91 Å². The second-order valence-corrected chi connectivity index (χ2v) is 4.11. The van der Waals surface area contributed by atoms with Crippen molar-refractivity contribution in [2.75, 3.05) is 5.32 Å². The van der Waals surface area contributed by atoms with Crippen molar-refractivity contribution in [3.63, 3.8) is 0 Å². The van der Waals surface area contributed by atoms with Gasteiger partial charge in [0.25, 0.3) is 5.91 Å². The number of anilines is 1. The molecule has 0 saturated carbocycles. The quantitative estimate of drug-likeness (QED) is 0.787. The molecule has 1 N–H and O–H groups in total. The fraction of sp³-hybridized carbons (Fsp3) is 0. The average Bonchev–Trinajstić information content (AvgIpc) is 2.30. The Balaban J connectivity index is 2.14. The molecule has 2 aromatic carbocycles. The highest BCUT2D eigenvalue weighted by molar-refractivity contribution is 7.27. The molecule has 0 bridgehead atoms. The van der Waals surface area contributed by atoms with E-state index in [1.54, 1.807) is 12.1 Å². The summed E-state index contributed by atoms with van der Waals surface area (Å²) >= 11 is 0. The molecule has 0 aliphatic heterocycles. The van der Waals surface area contributed by atoms with Crippen molar-refractivity contribution in [2.45, 2.75) is 0 Å². The van der Waals surface area contributed by atoms with Crippen molar-refractivity contribution in [3.8, 4) is 0 Å². The Labute approximate surface area is 96.9 Å². The summed E-state index contributed by atoms with van der Waals surface area (Å²) in [5, 5.41) is 3.89. The Hall–Kier alpha value is -1.66. The summed E-state index contributed by atoms with van der Waals surface area (Å²) in [4.78, 5) is 11.8. The standard InChI is InChI=1S/C13H12NOP/c15-13(10-5-2-1-3-6-10)14-11-7-4-8-12(16)9-11/h1-9H,16H2,(H,14,15). The van der Waals surface area contributed by atoms with Gasteiger partial charge in [-0.05, 0) is 29.6 Å². The molecule has 0 radical (unpaired) electrons. The van der Waals surface area contributed by atoms with Gasteiger partial charge < -0.3 is 5.32 Å². The van der Waals surface area contributed by atoms with Gasteiger partial charge in [-0.15, -0.1) is 9.24 Å². The fourth-order valence-corrected chi connectivity index (χ4v) is 1.70. The highest BCUT2D eigenvalue weighted by Gasteiger charge is 2.04. The van der Waals surface area contributed by atoms with Crippen LogP contribution in [0, 0.1) is 0 Å². The Morgan fingerprint density at radius 2 is 1.75 bits per heavy atom. The van der Waals surface area contributed by atoms with Crippen LogP contribution >= 0.6 is 9.24 Å². The van der Waals surface area contributed by atoms with Crippen LogP contribution in [0.4, 0.5) is 5.69 Å². The van der Waals surface area contributed by atoms with E-state index < -0.39 is 0 Å². The molecule has 1 amide bonds. The van der Waals surface area contributed by atoms with Crippen molar-refractivity contribution < 1.29 is 4.79 Å². The maximum absolute atomic E-state index is 11.8. The zero-order chi connectivity index (χ0) is 11.4. The van der Waals surface area contributed by atoms with Crippen LogP contribution in [0.5, 0.6) is 0 Å². The molecule has 0 aliphatic rings. The van der Waals surface area contributed by atoms with Gasteiger partial charge in [0.15, 0.2) is 0 Å². The summed E-state index contributed by atoms with van der Waals surface area (Å²) in [6, 6.07) is 16.8. The minimum atomic E-state index is -0.0869. The van der Waals surface area contributed by atoms with E-state index in [0.717, 1.165) is 11.0 Å². The molecule has 1 atom stereocenters. The molecule has 3 heteroatoms. The van der Waals surface area contributed by atoms with Gasteiger partial charge in [-0.3, -0.25) is 4.79 Å². The molecule has 0 aliphatic carbocycles. The van der Waals surface area contributed by atoms with Gasteiger partial charge in [0.1, 0.15) is 0 Å². The number of amides is 1. The molecule has 0 fully saturated rings. The minimum Gasteiger partial charge on any atom is -0.322 e. The Kier molecular flexibility index (Phi) is 3.33. The average molecular weight is 229 g/mol. The SMILES string of the molecule is O=C(Nc1cccc(P)c1)c1ccccc1. The molecule has 0 aromatic heterocycles. The summed E-state index contributed by atoms with van der Waals surface area (Å²) in [6.45, 7) is 0. The van der Waals surface area contributed by atoms with Gasteiger partial charge in [0.05, 0.1) is 0 Å². The first kappa shape index (κ1) is 10.8. The fourth-order valence-electron chi connectivity index (χ4n) is 1.41. The molecule has 1 unspecified atom stereocenters. The van der Waals surface area contributed by atoms with Gasteiger partial charge >= 0.3 is 0 Å². The summed E-state index contributed by atoms with van der Waals surface area (Å²) in [7, 11) is 2.60. The lowest BCUT2D eigenvalue weighted by molar-refractivity contribution is 0.102. The summed E-state index contributed by atoms with van der Waals surface area (Å²) < 4.78 is 0. The molecule has 80 valence electrons. The third kappa shape index (κ3) is 2.68. The van der Waals surface area contributed by atoms with Crippen LogP contribution in [0.15, 0.2) is 54.6 Å². The maximum atomic E-state index is 11.8. The molecule has 0 heterocycles. The molecule has 0 saturated heterocycles. The van der Waals surface area contributed by atoms with Crippen molar-refractivity contribution in [1.29, 1.82) is 0 Å². The van der Waals surface area contributed by atoms with E-state index in [2.05, 4.69) is 14.6 Å². The first-order chi connectivity index (χ1) is 7.75. The van der Waals surface area contributed by atoms with Gasteiger partial charge in [-0.1, -0.05) is 30.3 Å². The number of hydrogen-bond donors (Lipinski definition) is 1. The lowest BCUT2D eigenvalue weighted by Crippen LogP contribution is -2.12. The van der Waals surface area contributed by atoms with Crippen molar-refractivity contribution in [3.05, 3.63) is 60.2 Å². The summed E-state index contributed by atoms with van der Waals surface area (Å²) in [6.07, 6.45) is 0. The highest BCUT2D eigenvalue weighted by atomic mass is 31.0. The summed E-state index contributed by atoms with van der Waals surface area (Å²) in [5.74, 6) is -0.0869. The molecular formula is C13H12NOP. The largest absolute Gasteiger partial charge is 0.322 e. The van der Waals surface area contributed by atoms with Crippen LogP contribution in [0.2, 0.25) is 0 Å². The number of rotatable bonds is 2. The van der Waals surface area contributed by atoms with Gasteiger partial charge in [0, 0.05) is 11.3 Å². The van der Waals surface area contributed by atoms with E-state index in [1.165, 1.54) is 0 Å². The third-order valence-corrected chi connectivity index (χ3v) is 2.54. The van der Waals surface area contributed by atoms with Crippen molar-refractivity contribution in [1.82, 2.24) is 0 Å².